The van der Waals surface area contributed by atoms with Gasteiger partial charge in [-0.3, -0.25) is 24.0 Å². The van der Waals surface area contributed by atoms with Gasteiger partial charge in [-0.25, -0.2) is 4.39 Å². The normalized spacial score (nSPS) is 21.7. The Morgan fingerprint density at radius 2 is 1.45 bits per heavy atom. The molecule has 0 unspecified atom stereocenters. The van der Waals surface area contributed by atoms with Crippen molar-refractivity contribution in [2.24, 2.45) is 0 Å². The highest BCUT2D eigenvalue weighted by Crippen LogP contribution is 2.32. The van der Waals surface area contributed by atoms with Gasteiger partial charge >= 0.3 is 23.9 Å². The molecule has 0 radical (unpaired) electrons. The number of carbonyl (C=O) groups is 4. The molecule has 5 atom stereocenters. The largest absolute Gasteiger partial charge is 0.463 e. The van der Waals surface area contributed by atoms with Crippen molar-refractivity contribution in [1.29, 1.82) is 0 Å². The molecule has 222 valence electrons. The van der Waals surface area contributed by atoms with Crippen LogP contribution in [0.2, 0.25) is 0 Å². The van der Waals surface area contributed by atoms with Crippen molar-refractivity contribution in [3.63, 3.8) is 0 Å². The van der Waals surface area contributed by atoms with Crippen LogP contribution in [0.3, 0.4) is 0 Å². The van der Waals surface area contributed by atoms with Crippen molar-refractivity contribution in [3.05, 3.63) is 64.8 Å². The van der Waals surface area contributed by atoms with Gasteiger partial charge in [0.15, 0.2) is 12.2 Å². The maximum atomic E-state index is 14.3. The lowest BCUT2D eigenvalue weighted by molar-refractivity contribution is -0.288. The smallest absolute Gasteiger partial charge is 0.303 e. The average Bonchev–Trinajstić information content (AvgIpc) is 2.91. The summed E-state index contributed by atoms with van der Waals surface area (Å²) < 4.78 is 53.0. The van der Waals surface area contributed by atoms with Crippen LogP contribution in [0.15, 0.2) is 57.9 Å². The lowest BCUT2D eigenvalue weighted by Gasteiger charge is -2.43. The number of rotatable bonds is 8. The van der Waals surface area contributed by atoms with E-state index >= 15 is 0 Å². The number of benzene rings is 2. The van der Waals surface area contributed by atoms with Crippen LogP contribution >= 0.6 is 0 Å². The van der Waals surface area contributed by atoms with Crippen LogP contribution in [0.25, 0.3) is 22.1 Å². The lowest BCUT2D eigenvalue weighted by atomic mass is 9.98. The Bertz CT molecular complexity index is 1560. The third-order valence-electron chi connectivity index (χ3n) is 6.11. The molecule has 1 aromatic heterocycles. The van der Waals surface area contributed by atoms with Gasteiger partial charge in [0.1, 0.15) is 36.1 Å². The molecule has 0 aliphatic carbocycles. The number of fused-ring (bicyclic) bond motifs is 1. The van der Waals surface area contributed by atoms with Crippen LogP contribution in [0.5, 0.6) is 5.75 Å². The molecular formula is C29H27FO12. The van der Waals surface area contributed by atoms with E-state index in [2.05, 4.69) is 0 Å². The van der Waals surface area contributed by atoms with Crippen molar-refractivity contribution in [2.45, 2.75) is 58.4 Å². The van der Waals surface area contributed by atoms with E-state index in [1.54, 1.807) is 6.07 Å². The third kappa shape index (κ3) is 6.92. The van der Waals surface area contributed by atoms with E-state index in [1.165, 1.54) is 36.4 Å². The minimum Gasteiger partial charge on any atom is -0.463 e. The molecule has 13 heteroatoms. The molecule has 4 rings (SSSR count). The van der Waals surface area contributed by atoms with E-state index in [1.807, 2.05) is 0 Å². The molecule has 2 heterocycles. The summed E-state index contributed by atoms with van der Waals surface area (Å²) in [7, 11) is 0. The minimum atomic E-state index is -1.48. The maximum Gasteiger partial charge on any atom is 0.303 e. The molecule has 1 fully saturated rings. The topological polar surface area (TPSA) is 154 Å². The molecule has 1 saturated heterocycles. The zero-order chi connectivity index (χ0) is 30.6. The van der Waals surface area contributed by atoms with Crippen LogP contribution in [-0.4, -0.2) is 61.2 Å². The van der Waals surface area contributed by atoms with Gasteiger partial charge in [0.25, 0.3) is 0 Å². The van der Waals surface area contributed by atoms with Gasteiger partial charge in [0, 0.05) is 39.3 Å². The molecule has 0 saturated carbocycles. The molecule has 0 N–H and O–H groups in total. The predicted molar refractivity (Wildman–Crippen MR) is 140 cm³/mol. The third-order valence-corrected chi connectivity index (χ3v) is 6.11. The minimum absolute atomic E-state index is 0.0221. The summed E-state index contributed by atoms with van der Waals surface area (Å²) in [6.45, 7) is 4.04. The molecule has 3 aromatic rings. The van der Waals surface area contributed by atoms with Gasteiger partial charge < -0.3 is 32.8 Å². The number of ether oxygens (including phenoxy) is 6. The fraction of sp³-hybridized carbons (Fsp3) is 0.345. The van der Waals surface area contributed by atoms with Gasteiger partial charge in [-0.2, -0.15) is 0 Å². The summed E-state index contributed by atoms with van der Waals surface area (Å²) in [6.07, 6.45) is -5.78. The SMILES string of the molecule is CC(=O)OC[C@@H]1O[C@H](Oc2ccc3c(=O)c(-c4ccccc4F)coc3c2)[C@@H](OC(C)=O)[C@H](OC(C)=O)[C@H]1OC(C)=O. The summed E-state index contributed by atoms with van der Waals surface area (Å²) in [6, 6.07) is 9.92. The maximum absolute atomic E-state index is 14.3. The standard InChI is InChI=1S/C29H27FO12/c1-14(31)36-13-24-26(38-15(2)32)27(39-16(3)33)28(40-17(4)34)29(42-24)41-18-9-10-20-23(11-18)37-12-21(25(20)35)19-7-5-6-8-22(19)30/h5-12,24,26-29H,13H2,1-4H3/t24-,26-,27+,28-,29-/m0/s1. The average molecular weight is 587 g/mol. The summed E-state index contributed by atoms with van der Waals surface area (Å²) >= 11 is 0. The monoisotopic (exact) mass is 586 g/mol. The van der Waals surface area contributed by atoms with Crippen LogP contribution in [-0.2, 0) is 42.9 Å². The fourth-order valence-corrected chi connectivity index (χ4v) is 4.47. The van der Waals surface area contributed by atoms with E-state index in [-0.39, 0.29) is 27.8 Å². The van der Waals surface area contributed by atoms with E-state index in [0.717, 1.165) is 34.0 Å². The Labute approximate surface area is 238 Å². The fourth-order valence-electron chi connectivity index (χ4n) is 4.47. The Morgan fingerprint density at radius 1 is 0.810 bits per heavy atom. The molecule has 12 nitrogen and oxygen atoms in total. The predicted octanol–water partition coefficient (Wildman–Crippen LogP) is 3.06. The summed E-state index contributed by atoms with van der Waals surface area (Å²) in [5.41, 5.74) is -0.303. The highest BCUT2D eigenvalue weighted by atomic mass is 19.1. The molecule has 0 amide bonds. The zero-order valence-electron chi connectivity index (χ0n) is 23.0. The van der Waals surface area contributed by atoms with Crippen molar-refractivity contribution >= 4 is 34.8 Å². The summed E-state index contributed by atoms with van der Waals surface area (Å²) in [5, 5.41) is 0.129. The Hall–Kier alpha value is -4.78. The Kier molecular flexibility index (Phi) is 9.21. The molecule has 1 aliphatic rings. The molecule has 1 aliphatic heterocycles. The van der Waals surface area contributed by atoms with E-state index < -0.39 is 72.4 Å². The summed E-state index contributed by atoms with van der Waals surface area (Å²) in [5.74, 6) is -3.53. The first-order valence-electron chi connectivity index (χ1n) is 12.7. The highest BCUT2D eigenvalue weighted by Gasteiger charge is 2.53. The number of halogens is 1. The second kappa shape index (κ2) is 12.8. The number of carbonyl (C=O) groups excluding carboxylic acids is 4. The van der Waals surface area contributed by atoms with E-state index in [0.29, 0.717) is 0 Å². The van der Waals surface area contributed by atoms with Crippen molar-refractivity contribution in [2.75, 3.05) is 6.61 Å². The first-order chi connectivity index (χ1) is 19.9. The molecule has 42 heavy (non-hydrogen) atoms. The van der Waals surface area contributed by atoms with Crippen LogP contribution < -0.4 is 10.2 Å². The van der Waals surface area contributed by atoms with Crippen LogP contribution in [0.4, 0.5) is 4.39 Å². The van der Waals surface area contributed by atoms with E-state index in [4.69, 9.17) is 32.8 Å². The van der Waals surface area contributed by atoms with Gasteiger partial charge in [-0.15, -0.1) is 0 Å². The number of esters is 4. The second-order valence-corrected chi connectivity index (χ2v) is 9.30. The molecule has 0 spiro atoms. The van der Waals surface area contributed by atoms with E-state index in [9.17, 15) is 28.4 Å². The Balaban J connectivity index is 1.71. The number of hydrogen-bond acceptors (Lipinski definition) is 12. The zero-order valence-corrected chi connectivity index (χ0v) is 23.0. The Morgan fingerprint density at radius 3 is 2.10 bits per heavy atom. The summed E-state index contributed by atoms with van der Waals surface area (Å²) in [4.78, 5) is 60.6. The van der Waals surface area contributed by atoms with Crippen LogP contribution in [0, 0.1) is 5.82 Å². The molecular weight excluding hydrogens is 559 g/mol. The quantitative estimate of drug-likeness (QED) is 0.281. The molecule has 2 aromatic carbocycles. The van der Waals surface area contributed by atoms with Gasteiger partial charge in [0.05, 0.1) is 10.9 Å². The van der Waals surface area contributed by atoms with Crippen molar-refractivity contribution in [1.82, 2.24) is 0 Å². The van der Waals surface area contributed by atoms with Gasteiger partial charge in [-0.05, 0) is 18.2 Å². The van der Waals surface area contributed by atoms with Gasteiger partial charge in [0.2, 0.25) is 17.8 Å². The highest BCUT2D eigenvalue weighted by molar-refractivity contribution is 5.82. The van der Waals surface area contributed by atoms with Crippen molar-refractivity contribution in [3.8, 4) is 16.9 Å². The lowest BCUT2D eigenvalue weighted by Crippen LogP contribution is -2.63. The second-order valence-electron chi connectivity index (χ2n) is 9.30. The first kappa shape index (κ1) is 30.2. The number of hydrogen-bond donors (Lipinski definition) is 0. The van der Waals surface area contributed by atoms with Crippen LogP contribution in [0.1, 0.15) is 27.7 Å². The first-order valence-corrected chi connectivity index (χ1v) is 12.7. The van der Waals surface area contributed by atoms with Gasteiger partial charge in [-0.1, -0.05) is 18.2 Å². The van der Waals surface area contributed by atoms with Crippen molar-refractivity contribution < 1.29 is 56.4 Å². The molecule has 0 bridgehead atoms.